The van der Waals surface area contributed by atoms with E-state index in [4.69, 9.17) is 0 Å². The predicted octanol–water partition coefficient (Wildman–Crippen LogP) is 2.54. The highest BCUT2D eigenvalue weighted by atomic mass is 16.3. The van der Waals surface area contributed by atoms with Gasteiger partial charge in [-0.3, -0.25) is 4.79 Å². The molecule has 25 heavy (non-hydrogen) atoms. The van der Waals surface area contributed by atoms with Crippen molar-refractivity contribution in [2.45, 2.75) is 84.0 Å². The van der Waals surface area contributed by atoms with Gasteiger partial charge in [0.1, 0.15) is 5.78 Å². The van der Waals surface area contributed by atoms with Crippen molar-refractivity contribution in [2.75, 3.05) is 0 Å². The van der Waals surface area contributed by atoms with Gasteiger partial charge in [0.2, 0.25) is 0 Å². The van der Waals surface area contributed by atoms with E-state index < -0.39 is 17.6 Å². The van der Waals surface area contributed by atoms with Crippen LogP contribution in [0.15, 0.2) is 0 Å². The Bertz CT molecular complexity index is 562. The summed E-state index contributed by atoms with van der Waals surface area (Å²) in [6.07, 6.45) is 4.80. The third-order valence-electron chi connectivity index (χ3n) is 9.23. The van der Waals surface area contributed by atoms with Crippen LogP contribution in [0.2, 0.25) is 0 Å². The Labute approximate surface area is 151 Å². The third-order valence-corrected chi connectivity index (χ3v) is 9.23. The molecule has 0 radical (unpaired) electrons. The van der Waals surface area contributed by atoms with E-state index in [-0.39, 0.29) is 29.1 Å². The summed E-state index contributed by atoms with van der Waals surface area (Å²) in [4.78, 5) is 12.2. The van der Waals surface area contributed by atoms with Gasteiger partial charge in [0.25, 0.3) is 0 Å². The molecule has 0 aromatic carbocycles. The van der Waals surface area contributed by atoms with Crippen LogP contribution in [0.5, 0.6) is 0 Å². The number of aliphatic hydroxyl groups is 3. The number of hydrogen-bond donors (Lipinski definition) is 3. The van der Waals surface area contributed by atoms with E-state index in [2.05, 4.69) is 13.8 Å². The number of hydrogen-bond acceptors (Lipinski definition) is 4. The fourth-order valence-corrected chi connectivity index (χ4v) is 7.97. The van der Waals surface area contributed by atoms with Gasteiger partial charge in [0, 0.05) is 11.3 Å². The second-order valence-corrected chi connectivity index (χ2v) is 10.0. The number of ketones is 1. The van der Waals surface area contributed by atoms with Crippen molar-refractivity contribution in [3.8, 4) is 0 Å². The van der Waals surface area contributed by atoms with E-state index in [0.717, 1.165) is 44.9 Å². The minimum absolute atomic E-state index is 0.00180. The van der Waals surface area contributed by atoms with E-state index in [1.54, 1.807) is 6.92 Å². The fraction of sp³-hybridized carbons (Fsp3) is 0.952. The molecule has 4 fully saturated rings. The minimum atomic E-state index is -0.822. The number of rotatable bonds is 1. The van der Waals surface area contributed by atoms with Crippen LogP contribution in [-0.2, 0) is 4.79 Å². The predicted molar refractivity (Wildman–Crippen MR) is 94.7 cm³/mol. The van der Waals surface area contributed by atoms with Crippen molar-refractivity contribution in [2.24, 2.45) is 40.4 Å². The molecule has 3 N–H and O–H groups in total. The zero-order valence-corrected chi connectivity index (χ0v) is 15.8. The van der Waals surface area contributed by atoms with Crippen LogP contribution in [0, 0.1) is 40.4 Å². The van der Waals surface area contributed by atoms with Crippen molar-refractivity contribution >= 4 is 5.78 Å². The molecular formula is C21H34O4. The average Bonchev–Trinajstić information content (AvgIpc) is 2.91. The monoisotopic (exact) mass is 350 g/mol. The van der Waals surface area contributed by atoms with Crippen molar-refractivity contribution in [1.82, 2.24) is 0 Å². The van der Waals surface area contributed by atoms with Gasteiger partial charge in [0.15, 0.2) is 0 Å². The molecule has 0 aromatic heterocycles. The third kappa shape index (κ3) is 2.26. The highest BCUT2D eigenvalue weighted by Crippen LogP contribution is 2.67. The quantitative estimate of drug-likeness (QED) is 0.679. The molecule has 0 saturated heterocycles. The molecule has 4 rings (SSSR count). The first-order valence-corrected chi connectivity index (χ1v) is 10.3. The van der Waals surface area contributed by atoms with Crippen LogP contribution in [-0.4, -0.2) is 39.4 Å². The molecule has 4 aliphatic rings. The maximum absolute atomic E-state index is 12.2. The lowest BCUT2D eigenvalue weighted by atomic mass is 9.43. The maximum atomic E-state index is 12.2. The van der Waals surface area contributed by atoms with Crippen molar-refractivity contribution < 1.29 is 20.1 Å². The van der Waals surface area contributed by atoms with Gasteiger partial charge in [-0.15, -0.1) is 0 Å². The van der Waals surface area contributed by atoms with Crippen LogP contribution in [0.1, 0.15) is 65.7 Å². The maximum Gasteiger partial charge on any atom is 0.133 e. The molecule has 4 saturated carbocycles. The van der Waals surface area contributed by atoms with Crippen LogP contribution in [0.4, 0.5) is 0 Å². The second kappa shape index (κ2) is 5.77. The van der Waals surface area contributed by atoms with Gasteiger partial charge < -0.3 is 15.3 Å². The first-order chi connectivity index (χ1) is 11.7. The Balaban J connectivity index is 1.72. The van der Waals surface area contributed by atoms with E-state index in [1.807, 2.05) is 0 Å². The standard InChI is InChI=1S/C21H34O4/c1-11(22)15-6-7-16-14-5-4-12-10-13(23)8-9-20(12,2)17(14)18(24)19(25)21(15,16)3/h12-19,23-25H,4-10H2,1-3H3/t12?,13?,14-,15+,16-,17+,18?,19?,20-,21+/m0/s1. The van der Waals surface area contributed by atoms with Crippen molar-refractivity contribution in [1.29, 1.82) is 0 Å². The molecule has 10 atom stereocenters. The Hall–Kier alpha value is -0.450. The lowest BCUT2D eigenvalue weighted by Gasteiger charge is -2.63. The second-order valence-electron chi connectivity index (χ2n) is 10.0. The molecule has 4 heteroatoms. The smallest absolute Gasteiger partial charge is 0.133 e. The number of carbonyl (C=O) groups is 1. The first kappa shape index (κ1) is 17.9. The zero-order valence-electron chi connectivity index (χ0n) is 15.8. The zero-order chi connectivity index (χ0) is 18.1. The summed E-state index contributed by atoms with van der Waals surface area (Å²) in [7, 11) is 0. The van der Waals surface area contributed by atoms with E-state index in [1.165, 1.54) is 0 Å². The number of Topliss-reactive ketones (excluding diaryl/α,β-unsaturated/α-hetero) is 1. The Morgan fingerprint density at radius 2 is 1.72 bits per heavy atom. The Morgan fingerprint density at radius 3 is 2.40 bits per heavy atom. The summed E-state index contributed by atoms with van der Waals surface area (Å²) in [6.45, 7) is 5.99. The fourth-order valence-electron chi connectivity index (χ4n) is 7.97. The SMILES string of the molecule is CC(=O)[C@H]1CC[C@H]2[C@@H]3CCC4CC(O)CC[C@]4(C)[C@H]3C(O)C(O)[C@]12C. The van der Waals surface area contributed by atoms with E-state index in [0.29, 0.717) is 17.8 Å². The molecule has 4 nitrogen and oxygen atoms in total. The molecule has 0 heterocycles. The van der Waals surface area contributed by atoms with Gasteiger partial charge in [-0.05, 0) is 81.0 Å². The number of aliphatic hydroxyl groups excluding tert-OH is 3. The molecule has 4 unspecified atom stereocenters. The van der Waals surface area contributed by atoms with E-state index in [9.17, 15) is 20.1 Å². The molecule has 0 amide bonds. The molecular weight excluding hydrogens is 316 g/mol. The Kier molecular flexibility index (Phi) is 4.14. The van der Waals surface area contributed by atoms with Gasteiger partial charge in [0.05, 0.1) is 18.3 Å². The molecule has 0 bridgehead atoms. The number of fused-ring (bicyclic) bond motifs is 5. The molecule has 0 spiro atoms. The minimum Gasteiger partial charge on any atom is -0.393 e. The summed E-state index contributed by atoms with van der Waals surface area (Å²) in [5.41, 5.74) is -0.484. The summed E-state index contributed by atoms with van der Waals surface area (Å²) in [5, 5.41) is 32.5. The molecule has 4 aliphatic carbocycles. The van der Waals surface area contributed by atoms with Gasteiger partial charge in [-0.25, -0.2) is 0 Å². The summed E-state index contributed by atoms with van der Waals surface area (Å²) < 4.78 is 0. The van der Waals surface area contributed by atoms with Crippen molar-refractivity contribution in [3.63, 3.8) is 0 Å². The molecule has 0 aromatic rings. The summed E-state index contributed by atoms with van der Waals surface area (Å²) in [6, 6.07) is 0. The Morgan fingerprint density at radius 1 is 1.00 bits per heavy atom. The number of carbonyl (C=O) groups excluding carboxylic acids is 1. The molecule has 0 aliphatic heterocycles. The lowest BCUT2D eigenvalue weighted by Crippen LogP contribution is -2.65. The van der Waals surface area contributed by atoms with Gasteiger partial charge >= 0.3 is 0 Å². The van der Waals surface area contributed by atoms with Crippen molar-refractivity contribution in [3.05, 3.63) is 0 Å². The highest BCUT2D eigenvalue weighted by Gasteiger charge is 2.67. The largest absolute Gasteiger partial charge is 0.393 e. The molecule has 142 valence electrons. The summed E-state index contributed by atoms with van der Waals surface area (Å²) in [5.74, 6) is 1.29. The van der Waals surface area contributed by atoms with Gasteiger partial charge in [-0.2, -0.15) is 0 Å². The van der Waals surface area contributed by atoms with E-state index >= 15 is 0 Å². The lowest BCUT2D eigenvalue weighted by molar-refractivity contribution is -0.227. The normalized spacial score (nSPS) is 58.2. The average molecular weight is 350 g/mol. The summed E-state index contributed by atoms with van der Waals surface area (Å²) >= 11 is 0. The van der Waals surface area contributed by atoms with Crippen LogP contribution < -0.4 is 0 Å². The first-order valence-electron chi connectivity index (χ1n) is 10.3. The van der Waals surface area contributed by atoms with Gasteiger partial charge in [-0.1, -0.05) is 13.8 Å². The van der Waals surface area contributed by atoms with Crippen LogP contribution in [0.3, 0.4) is 0 Å². The van der Waals surface area contributed by atoms with Crippen LogP contribution in [0.25, 0.3) is 0 Å². The highest BCUT2D eigenvalue weighted by molar-refractivity contribution is 5.79. The topological polar surface area (TPSA) is 77.8 Å². The van der Waals surface area contributed by atoms with Crippen LogP contribution >= 0.6 is 0 Å².